The average Bonchev–Trinajstić information content (AvgIpc) is 3.15. The first-order valence-corrected chi connectivity index (χ1v) is 9.21. The van der Waals surface area contributed by atoms with Crippen molar-refractivity contribution in [2.24, 2.45) is 10.2 Å². The Balaban J connectivity index is 1.69. The monoisotopic (exact) mass is 398 g/mol. The molecule has 0 aromatic carbocycles. The molecule has 1 aliphatic heterocycles. The largest absolute Gasteiger partial charge is 0.492 e. The maximum Gasteiger partial charge on any atom is 0.347 e. The number of nitrogens with zero attached hydrogens (tertiary/aromatic N) is 8. The number of fused-ring (bicyclic) bond motifs is 1. The van der Waals surface area contributed by atoms with Gasteiger partial charge in [0.2, 0.25) is 11.8 Å². The van der Waals surface area contributed by atoms with Crippen LogP contribution in [-0.2, 0) is 0 Å². The molecule has 2 fully saturated rings. The molecule has 13 heteroatoms. The molecule has 5 rings (SSSR count). The molecule has 29 heavy (non-hydrogen) atoms. The van der Waals surface area contributed by atoms with E-state index in [0.29, 0.717) is 46.6 Å². The minimum atomic E-state index is -0.644. The number of hydrogen-bond acceptors (Lipinski definition) is 10. The number of H-pyrrole nitrogens is 1. The standard InChI is InChI=1S/C16H18N10O3/c17-25-13(27)11(20-16(25)28)5-8-6-18-26-12(8)21-14(22-15(26)19-9-1-2-9)24-4-3-10(7-24)23-29/h5-6,9-10,27H,1-4,7,17H2,(H,20,28)/t10-/m0/s1. The van der Waals surface area contributed by atoms with Gasteiger partial charge >= 0.3 is 5.69 Å². The molecule has 1 saturated heterocycles. The molecule has 0 spiro atoms. The van der Waals surface area contributed by atoms with Gasteiger partial charge in [-0.1, -0.05) is 5.18 Å². The summed E-state index contributed by atoms with van der Waals surface area (Å²) in [5.74, 6) is 5.50. The maximum absolute atomic E-state index is 11.6. The van der Waals surface area contributed by atoms with Gasteiger partial charge in [-0.05, 0) is 25.3 Å². The van der Waals surface area contributed by atoms with Crippen LogP contribution in [0, 0.1) is 4.91 Å². The van der Waals surface area contributed by atoms with Crippen molar-refractivity contribution in [3.8, 4) is 5.88 Å². The fourth-order valence-electron chi connectivity index (χ4n) is 3.29. The first-order valence-electron chi connectivity index (χ1n) is 9.21. The topological polar surface area (TPSA) is 172 Å². The zero-order chi connectivity index (χ0) is 20.1. The van der Waals surface area contributed by atoms with Gasteiger partial charge in [0, 0.05) is 18.3 Å². The zero-order valence-electron chi connectivity index (χ0n) is 15.3. The number of hydrogen-bond donors (Lipinski definition) is 3. The lowest BCUT2D eigenvalue weighted by Gasteiger charge is -2.14. The number of imidazole rings is 1. The summed E-state index contributed by atoms with van der Waals surface area (Å²) in [6.45, 7) is 1.06. The van der Waals surface area contributed by atoms with Crippen LogP contribution < -0.4 is 27.3 Å². The second-order valence-corrected chi connectivity index (χ2v) is 7.19. The molecule has 2 aliphatic rings. The number of anilines is 1. The number of nitrogens with two attached hydrogens (primary N) is 1. The van der Waals surface area contributed by atoms with E-state index >= 15 is 0 Å². The van der Waals surface area contributed by atoms with E-state index in [1.54, 1.807) is 6.20 Å². The van der Waals surface area contributed by atoms with Crippen LogP contribution in [0.5, 0.6) is 5.88 Å². The number of rotatable bonds is 4. The number of aromatic hydroxyl groups is 1. The quantitative estimate of drug-likeness (QED) is 0.334. The Kier molecular flexibility index (Phi) is 3.82. The Labute approximate surface area is 162 Å². The van der Waals surface area contributed by atoms with Crippen molar-refractivity contribution in [3.05, 3.63) is 38.1 Å². The fourth-order valence-corrected chi connectivity index (χ4v) is 3.29. The van der Waals surface area contributed by atoms with E-state index in [-0.39, 0.29) is 17.8 Å². The van der Waals surface area contributed by atoms with Gasteiger partial charge < -0.3 is 20.8 Å². The highest BCUT2D eigenvalue weighted by Gasteiger charge is 2.26. The van der Waals surface area contributed by atoms with Crippen molar-refractivity contribution < 1.29 is 5.11 Å². The Morgan fingerprint density at radius 3 is 2.76 bits per heavy atom. The van der Waals surface area contributed by atoms with Crippen molar-refractivity contribution >= 4 is 17.7 Å². The Morgan fingerprint density at radius 2 is 2.10 bits per heavy atom. The van der Waals surface area contributed by atoms with Gasteiger partial charge in [-0.2, -0.15) is 29.2 Å². The van der Waals surface area contributed by atoms with Crippen LogP contribution in [0.15, 0.2) is 21.2 Å². The molecule has 3 aromatic heterocycles. The Hall–Kier alpha value is -3.77. The SMILES string of the molecule is Nn1c(O)c(C=c2cnn3c(=NC4CC4)nc(N4CC[C@H](N=O)C4)nc23)[nH]c1=O. The van der Waals surface area contributed by atoms with Gasteiger partial charge in [-0.25, -0.2) is 9.79 Å². The molecule has 4 N–H and O–H groups in total. The van der Waals surface area contributed by atoms with E-state index < -0.39 is 11.6 Å². The average molecular weight is 398 g/mol. The normalized spacial score (nSPS) is 20.8. The molecule has 1 saturated carbocycles. The molecule has 1 atom stereocenters. The van der Waals surface area contributed by atoms with Crippen LogP contribution >= 0.6 is 0 Å². The summed E-state index contributed by atoms with van der Waals surface area (Å²) >= 11 is 0. The molecule has 0 radical (unpaired) electrons. The molecule has 1 aliphatic carbocycles. The van der Waals surface area contributed by atoms with Crippen LogP contribution in [0.25, 0.3) is 11.7 Å². The third-order valence-electron chi connectivity index (χ3n) is 5.04. The van der Waals surface area contributed by atoms with Gasteiger partial charge in [-0.15, -0.1) is 0 Å². The first kappa shape index (κ1) is 17.3. The van der Waals surface area contributed by atoms with Gasteiger partial charge in [0.15, 0.2) is 5.65 Å². The van der Waals surface area contributed by atoms with Crippen LogP contribution in [0.1, 0.15) is 25.0 Å². The summed E-state index contributed by atoms with van der Waals surface area (Å²) in [6, 6.07) is -0.0758. The summed E-state index contributed by atoms with van der Waals surface area (Å²) in [4.78, 5) is 40.6. The molecule has 4 heterocycles. The summed E-state index contributed by atoms with van der Waals surface area (Å²) in [7, 11) is 0. The van der Waals surface area contributed by atoms with Crippen molar-refractivity contribution in [3.63, 3.8) is 0 Å². The van der Waals surface area contributed by atoms with Crippen LogP contribution in [0.4, 0.5) is 5.95 Å². The van der Waals surface area contributed by atoms with Gasteiger partial charge in [0.1, 0.15) is 11.7 Å². The van der Waals surface area contributed by atoms with Crippen molar-refractivity contribution in [2.45, 2.75) is 31.3 Å². The Bertz CT molecular complexity index is 1280. The lowest BCUT2D eigenvalue weighted by atomic mass is 10.3. The van der Waals surface area contributed by atoms with E-state index in [1.165, 1.54) is 10.6 Å². The molecule has 0 unspecified atom stereocenters. The first-order chi connectivity index (χ1) is 14.0. The van der Waals surface area contributed by atoms with E-state index in [4.69, 9.17) is 5.84 Å². The molecule has 0 bridgehead atoms. The third-order valence-corrected chi connectivity index (χ3v) is 5.04. The molecule has 13 nitrogen and oxygen atoms in total. The molecule has 3 aromatic rings. The van der Waals surface area contributed by atoms with E-state index in [1.807, 2.05) is 4.90 Å². The minimum absolute atomic E-state index is 0.139. The van der Waals surface area contributed by atoms with Crippen molar-refractivity contribution in [1.82, 2.24) is 29.2 Å². The summed E-state index contributed by atoms with van der Waals surface area (Å²) in [5, 5.41) is 18.0. The predicted molar refractivity (Wildman–Crippen MR) is 101 cm³/mol. The van der Waals surface area contributed by atoms with E-state index in [9.17, 15) is 14.8 Å². The lowest BCUT2D eigenvalue weighted by Crippen LogP contribution is -2.30. The minimum Gasteiger partial charge on any atom is -0.492 e. The van der Waals surface area contributed by atoms with E-state index in [2.05, 4.69) is 30.2 Å². The second kappa shape index (κ2) is 6.39. The maximum atomic E-state index is 11.6. The van der Waals surface area contributed by atoms with Crippen molar-refractivity contribution in [1.29, 1.82) is 0 Å². The number of nitrogens with one attached hydrogen (secondary N) is 1. The summed E-state index contributed by atoms with van der Waals surface area (Å²) in [6.07, 6.45) is 5.72. The van der Waals surface area contributed by atoms with Crippen LogP contribution in [0.3, 0.4) is 0 Å². The highest BCUT2D eigenvalue weighted by molar-refractivity contribution is 5.57. The molecular formula is C16H18N10O3. The van der Waals surface area contributed by atoms with Crippen molar-refractivity contribution in [2.75, 3.05) is 23.8 Å². The van der Waals surface area contributed by atoms with Gasteiger partial charge in [-0.3, -0.25) is 0 Å². The van der Waals surface area contributed by atoms with E-state index in [0.717, 1.165) is 12.8 Å². The second-order valence-electron chi connectivity index (χ2n) is 7.19. The molecular weight excluding hydrogens is 380 g/mol. The van der Waals surface area contributed by atoms with Gasteiger partial charge in [0.05, 0.1) is 12.2 Å². The number of aromatic nitrogens is 6. The summed E-state index contributed by atoms with van der Waals surface area (Å²) in [5.41, 5.74) is 0.375. The smallest absolute Gasteiger partial charge is 0.347 e. The number of nitroso groups, excluding NO2 is 1. The molecule has 150 valence electrons. The lowest BCUT2D eigenvalue weighted by molar-refractivity contribution is 0.434. The zero-order valence-corrected chi connectivity index (χ0v) is 15.3. The van der Waals surface area contributed by atoms with Crippen LogP contribution in [-0.4, -0.2) is 59.5 Å². The number of nitrogen functional groups attached to an aromatic ring is 1. The molecule has 0 amide bonds. The fraction of sp³-hybridized carbons (Fsp3) is 0.438. The predicted octanol–water partition coefficient (Wildman–Crippen LogP) is -2.01. The summed E-state index contributed by atoms with van der Waals surface area (Å²) < 4.78 is 2.14. The Morgan fingerprint density at radius 1 is 1.28 bits per heavy atom. The third kappa shape index (κ3) is 2.99. The number of aromatic amines is 1. The highest BCUT2D eigenvalue weighted by Crippen LogP contribution is 2.22. The van der Waals surface area contributed by atoms with Crippen LogP contribution in [0.2, 0.25) is 0 Å². The highest BCUT2D eigenvalue weighted by atomic mass is 16.3. The van der Waals surface area contributed by atoms with Gasteiger partial charge in [0.25, 0.3) is 5.62 Å².